The van der Waals surface area contributed by atoms with Gasteiger partial charge >= 0.3 is 0 Å². The van der Waals surface area contributed by atoms with Crippen molar-refractivity contribution >= 4 is 12.6 Å². The highest BCUT2D eigenvalue weighted by Crippen LogP contribution is 2.17. The molecule has 0 fully saturated rings. The number of thiol groups is 1. The molecule has 0 aromatic rings. The average molecular weight is 331 g/mol. The maximum atomic E-state index is 9.30. The molecule has 0 heterocycles. The molecule has 134 valence electrons. The summed E-state index contributed by atoms with van der Waals surface area (Å²) in [5.41, 5.74) is -0.438. The molecule has 0 spiro atoms. The van der Waals surface area contributed by atoms with Crippen LogP contribution in [0.3, 0.4) is 0 Å². The highest BCUT2D eigenvalue weighted by atomic mass is 32.1. The first-order chi connectivity index (χ1) is 10.7. The zero-order valence-corrected chi connectivity index (χ0v) is 16.3. The zero-order chi connectivity index (χ0) is 16.5. The number of aliphatic hydroxyl groups excluding tert-OH is 1. The van der Waals surface area contributed by atoms with Gasteiger partial charge in [-0.05, 0) is 12.3 Å². The predicted molar refractivity (Wildman–Crippen MR) is 104 cm³/mol. The third-order valence-electron chi connectivity index (χ3n) is 4.77. The highest BCUT2D eigenvalue weighted by Gasteiger charge is 2.08. The van der Waals surface area contributed by atoms with Crippen molar-refractivity contribution in [1.82, 2.24) is 0 Å². The Morgan fingerprint density at radius 3 is 1.27 bits per heavy atom. The Balaban J connectivity index is 3.03. The van der Waals surface area contributed by atoms with Crippen LogP contribution in [0.2, 0.25) is 0 Å². The zero-order valence-electron chi connectivity index (χ0n) is 15.4. The molecule has 1 N–H and O–H groups in total. The van der Waals surface area contributed by atoms with Gasteiger partial charge in [0.2, 0.25) is 0 Å². The molecule has 0 aromatic heterocycles. The fourth-order valence-electron chi connectivity index (χ4n) is 2.99. The number of hydrogen-bond donors (Lipinski definition) is 2. The van der Waals surface area contributed by atoms with E-state index in [2.05, 4.69) is 26.5 Å². The highest BCUT2D eigenvalue weighted by molar-refractivity contribution is 7.80. The minimum absolute atomic E-state index is 0.338. The number of rotatable bonds is 17. The Morgan fingerprint density at radius 1 is 0.636 bits per heavy atom. The number of unbranched alkanes of at least 4 members (excludes halogenated alkanes) is 14. The monoisotopic (exact) mass is 330 g/mol. The van der Waals surface area contributed by atoms with Gasteiger partial charge in [-0.25, -0.2) is 0 Å². The molecule has 22 heavy (non-hydrogen) atoms. The van der Waals surface area contributed by atoms with E-state index in [1.165, 1.54) is 96.3 Å². The van der Waals surface area contributed by atoms with Crippen molar-refractivity contribution in [3.63, 3.8) is 0 Å². The molecular formula is C20H42OS. The van der Waals surface area contributed by atoms with Crippen LogP contribution in [0.5, 0.6) is 0 Å². The quantitative estimate of drug-likeness (QED) is 0.165. The molecule has 0 saturated heterocycles. The van der Waals surface area contributed by atoms with E-state index in [4.69, 9.17) is 0 Å². The Morgan fingerprint density at radius 2 is 0.955 bits per heavy atom. The first-order valence-electron chi connectivity index (χ1n) is 10.0. The number of aliphatic hydroxyl groups is 1. The number of hydrogen-bond acceptors (Lipinski definition) is 2. The second-order valence-electron chi connectivity index (χ2n) is 7.13. The van der Waals surface area contributed by atoms with Gasteiger partial charge < -0.3 is 5.11 Å². The molecule has 2 heteroatoms. The van der Waals surface area contributed by atoms with Gasteiger partial charge in [-0.2, -0.15) is 0 Å². The van der Waals surface area contributed by atoms with E-state index >= 15 is 0 Å². The lowest BCUT2D eigenvalue weighted by molar-refractivity contribution is 0.195. The summed E-state index contributed by atoms with van der Waals surface area (Å²) in [6, 6.07) is 0. The molecule has 0 aliphatic rings. The van der Waals surface area contributed by atoms with E-state index in [1.54, 1.807) is 0 Å². The van der Waals surface area contributed by atoms with Crippen molar-refractivity contribution in [1.29, 1.82) is 0 Å². The normalized spacial score (nSPS) is 14.2. The van der Waals surface area contributed by atoms with E-state index in [-0.39, 0.29) is 0 Å². The Bertz CT molecular complexity index is 206. The van der Waals surface area contributed by atoms with Crippen LogP contribution >= 0.6 is 12.6 Å². The van der Waals surface area contributed by atoms with E-state index in [1.807, 2.05) is 0 Å². The first-order valence-corrected chi connectivity index (χ1v) is 10.6. The molecule has 0 radical (unpaired) electrons. The standard InChI is InChI=1S/C20H42OS/c1-3-4-5-6-7-8-9-10-11-12-13-14-15-16-17-18-19(2)20(21)22/h19-22H,3-18H2,1-2H3. The van der Waals surface area contributed by atoms with E-state index in [0.29, 0.717) is 5.92 Å². The molecule has 2 atom stereocenters. The van der Waals surface area contributed by atoms with Gasteiger partial charge in [-0.3, -0.25) is 0 Å². The van der Waals surface area contributed by atoms with Gasteiger partial charge in [0.1, 0.15) is 0 Å². The van der Waals surface area contributed by atoms with Crippen molar-refractivity contribution in [2.24, 2.45) is 5.92 Å². The maximum absolute atomic E-state index is 9.30. The molecular weight excluding hydrogens is 288 g/mol. The summed E-state index contributed by atoms with van der Waals surface area (Å²) in [5, 5.41) is 9.30. The molecule has 0 aromatic carbocycles. The molecule has 0 aliphatic heterocycles. The van der Waals surface area contributed by atoms with Gasteiger partial charge in [-0.15, -0.1) is 12.6 Å². The van der Waals surface area contributed by atoms with Crippen LogP contribution in [0.25, 0.3) is 0 Å². The third kappa shape index (κ3) is 16.7. The lowest BCUT2D eigenvalue weighted by Gasteiger charge is -2.12. The van der Waals surface area contributed by atoms with Gasteiger partial charge in [0, 0.05) is 0 Å². The predicted octanol–water partition coefficient (Wildman–Crippen LogP) is 7.13. The van der Waals surface area contributed by atoms with Gasteiger partial charge in [0.05, 0.1) is 5.44 Å². The molecule has 1 nitrogen and oxygen atoms in total. The van der Waals surface area contributed by atoms with E-state index in [9.17, 15) is 5.11 Å². The summed E-state index contributed by atoms with van der Waals surface area (Å²) < 4.78 is 0. The van der Waals surface area contributed by atoms with E-state index in [0.717, 1.165) is 6.42 Å². The van der Waals surface area contributed by atoms with Crippen LogP contribution in [-0.4, -0.2) is 10.5 Å². The second kappa shape index (κ2) is 17.7. The second-order valence-corrected chi connectivity index (χ2v) is 7.66. The fraction of sp³-hybridized carbons (Fsp3) is 1.00. The van der Waals surface area contributed by atoms with Crippen LogP contribution < -0.4 is 0 Å². The summed E-state index contributed by atoms with van der Waals surface area (Å²) in [7, 11) is 0. The van der Waals surface area contributed by atoms with Crippen molar-refractivity contribution in [3.05, 3.63) is 0 Å². The lowest BCUT2D eigenvalue weighted by Crippen LogP contribution is -2.09. The largest absolute Gasteiger partial charge is 0.382 e. The van der Waals surface area contributed by atoms with Gasteiger partial charge in [-0.1, -0.05) is 110 Å². The molecule has 0 amide bonds. The Hall–Kier alpha value is 0.310. The third-order valence-corrected chi connectivity index (χ3v) is 5.28. The van der Waals surface area contributed by atoms with Crippen molar-refractivity contribution in [2.75, 3.05) is 0 Å². The SMILES string of the molecule is CCCCCCCCCCCCCCCCCC(C)C(O)S. The maximum Gasteiger partial charge on any atom is 0.0990 e. The lowest BCUT2D eigenvalue weighted by atomic mass is 10.0. The Kier molecular flexibility index (Phi) is 17.9. The van der Waals surface area contributed by atoms with Crippen LogP contribution in [0.4, 0.5) is 0 Å². The minimum Gasteiger partial charge on any atom is -0.382 e. The van der Waals surface area contributed by atoms with Crippen molar-refractivity contribution in [3.8, 4) is 0 Å². The molecule has 0 rings (SSSR count). The first kappa shape index (κ1) is 22.3. The van der Waals surface area contributed by atoms with Crippen molar-refractivity contribution < 1.29 is 5.11 Å². The average Bonchev–Trinajstić information content (AvgIpc) is 2.50. The fourth-order valence-corrected chi connectivity index (χ4v) is 3.14. The van der Waals surface area contributed by atoms with Crippen LogP contribution in [-0.2, 0) is 0 Å². The van der Waals surface area contributed by atoms with Gasteiger partial charge in [0.25, 0.3) is 0 Å². The smallest absolute Gasteiger partial charge is 0.0990 e. The Labute approximate surface area is 146 Å². The summed E-state index contributed by atoms with van der Waals surface area (Å²) in [4.78, 5) is 0. The molecule has 2 unspecified atom stereocenters. The van der Waals surface area contributed by atoms with Crippen molar-refractivity contribution in [2.45, 2.75) is 122 Å². The minimum atomic E-state index is -0.438. The molecule has 0 bridgehead atoms. The summed E-state index contributed by atoms with van der Waals surface area (Å²) in [5.74, 6) is 0.338. The summed E-state index contributed by atoms with van der Waals surface area (Å²) >= 11 is 4.08. The molecule has 0 aliphatic carbocycles. The van der Waals surface area contributed by atoms with Crippen LogP contribution in [0.1, 0.15) is 117 Å². The molecule has 0 saturated carbocycles. The summed E-state index contributed by atoms with van der Waals surface area (Å²) in [6.07, 6.45) is 22.2. The topological polar surface area (TPSA) is 20.2 Å². The van der Waals surface area contributed by atoms with E-state index < -0.39 is 5.44 Å². The van der Waals surface area contributed by atoms with Crippen LogP contribution in [0, 0.1) is 5.92 Å². The van der Waals surface area contributed by atoms with Gasteiger partial charge in [0.15, 0.2) is 0 Å². The van der Waals surface area contributed by atoms with Crippen LogP contribution in [0.15, 0.2) is 0 Å². The summed E-state index contributed by atoms with van der Waals surface area (Å²) in [6.45, 7) is 4.37.